The fourth-order valence-corrected chi connectivity index (χ4v) is 5.36. The summed E-state index contributed by atoms with van der Waals surface area (Å²) in [6.07, 6.45) is 0. The normalized spacial score (nSPS) is 15.7. The molecule has 174 valence electrons. The zero-order valence-corrected chi connectivity index (χ0v) is 19.9. The minimum atomic E-state index is -3.46. The number of rotatable bonds is 10. The number of hydrogen-bond acceptors (Lipinski definition) is 5. The van der Waals surface area contributed by atoms with Crippen molar-refractivity contribution in [2.75, 3.05) is 45.8 Å². The highest BCUT2D eigenvalue weighted by atomic mass is 32.2. The number of carbonyl (C=O) groups is 1. The standard InChI is InChI=1S/C24H34N4O3S/c1-3-28(4-2)32(30,31)23-12-10-21(11-13-23)18-25-24(29)20-27-16-14-26(15-17-27)19-22-8-6-5-7-9-22/h5-13H,3-4,14-20H2,1-2H3,(H,25,29). The number of carbonyl (C=O) groups excluding carboxylic acids is 1. The highest BCUT2D eigenvalue weighted by molar-refractivity contribution is 7.89. The topological polar surface area (TPSA) is 73.0 Å². The summed E-state index contributed by atoms with van der Waals surface area (Å²) in [5.74, 6) is -0.0126. The van der Waals surface area contributed by atoms with Crippen LogP contribution in [0.15, 0.2) is 59.5 Å². The number of benzene rings is 2. The van der Waals surface area contributed by atoms with Crippen LogP contribution < -0.4 is 5.32 Å². The molecule has 1 saturated heterocycles. The van der Waals surface area contributed by atoms with E-state index in [1.165, 1.54) is 9.87 Å². The first kappa shape index (κ1) is 24.4. The van der Waals surface area contributed by atoms with E-state index in [1.54, 1.807) is 24.3 Å². The van der Waals surface area contributed by atoms with Gasteiger partial charge in [0.1, 0.15) is 0 Å². The van der Waals surface area contributed by atoms with Gasteiger partial charge in [-0.05, 0) is 23.3 Å². The van der Waals surface area contributed by atoms with E-state index in [1.807, 2.05) is 19.9 Å². The summed E-state index contributed by atoms with van der Waals surface area (Å²) in [7, 11) is -3.46. The SMILES string of the molecule is CCN(CC)S(=O)(=O)c1ccc(CNC(=O)CN2CCN(Cc3ccccc3)CC2)cc1. The first-order chi connectivity index (χ1) is 15.4. The van der Waals surface area contributed by atoms with Crippen LogP contribution >= 0.6 is 0 Å². The molecule has 0 aromatic heterocycles. The zero-order chi connectivity index (χ0) is 23.0. The van der Waals surface area contributed by atoms with E-state index in [4.69, 9.17) is 0 Å². The summed E-state index contributed by atoms with van der Waals surface area (Å²) in [5.41, 5.74) is 2.19. The van der Waals surface area contributed by atoms with E-state index in [9.17, 15) is 13.2 Å². The molecule has 1 fully saturated rings. The van der Waals surface area contributed by atoms with Crippen LogP contribution in [0.3, 0.4) is 0 Å². The molecule has 1 aliphatic rings. The average Bonchev–Trinajstić information content (AvgIpc) is 2.80. The molecule has 2 aromatic rings. The quantitative estimate of drug-likeness (QED) is 0.591. The second-order valence-corrected chi connectivity index (χ2v) is 9.99. The molecule has 3 rings (SSSR count). The fraction of sp³-hybridized carbons (Fsp3) is 0.458. The van der Waals surface area contributed by atoms with E-state index < -0.39 is 10.0 Å². The molecule has 0 spiro atoms. The summed E-state index contributed by atoms with van der Waals surface area (Å²) in [5, 5.41) is 2.95. The maximum Gasteiger partial charge on any atom is 0.243 e. The average molecular weight is 459 g/mol. The molecule has 0 atom stereocenters. The van der Waals surface area contributed by atoms with E-state index in [0.717, 1.165) is 38.3 Å². The Morgan fingerprint density at radius 2 is 1.47 bits per heavy atom. The molecule has 2 aromatic carbocycles. The van der Waals surface area contributed by atoms with Gasteiger partial charge in [0.15, 0.2) is 0 Å². The molecule has 1 N–H and O–H groups in total. The highest BCUT2D eigenvalue weighted by Gasteiger charge is 2.21. The lowest BCUT2D eigenvalue weighted by Gasteiger charge is -2.34. The van der Waals surface area contributed by atoms with E-state index in [2.05, 4.69) is 39.4 Å². The Hall–Kier alpha value is -2.26. The van der Waals surface area contributed by atoms with E-state index >= 15 is 0 Å². The highest BCUT2D eigenvalue weighted by Crippen LogP contribution is 2.16. The molecule has 0 unspecified atom stereocenters. The number of hydrogen-bond donors (Lipinski definition) is 1. The van der Waals surface area contributed by atoms with Gasteiger partial charge in [0.2, 0.25) is 15.9 Å². The van der Waals surface area contributed by atoms with Gasteiger partial charge in [-0.15, -0.1) is 0 Å². The minimum Gasteiger partial charge on any atom is -0.351 e. The van der Waals surface area contributed by atoms with Crippen LogP contribution in [0.2, 0.25) is 0 Å². The maximum atomic E-state index is 12.6. The van der Waals surface area contributed by atoms with Crippen molar-refractivity contribution in [2.24, 2.45) is 0 Å². The lowest BCUT2D eigenvalue weighted by molar-refractivity contribution is -0.122. The number of amides is 1. The monoisotopic (exact) mass is 458 g/mol. The van der Waals surface area contributed by atoms with Crippen LogP contribution in [-0.2, 0) is 27.9 Å². The van der Waals surface area contributed by atoms with Gasteiger partial charge in [0, 0.05) is 52.4 Å². The van der Waals surface area contributed by atoms with Crippen molar-refractivity contribution in [3.63, 3.8) is 0 Å². The molecule has 0 radical (unpaired) electrons. The zero-order valence-electron chi connectivity index (χ0n) is 19.0. The van der Waals surface area contributed by atoms with Crippen molar-refractivity contribution in [1.29, 1.82) is 0 Å². The van der Waals surface area contributed by atoms with E-state index in [-0.39, 0.29) is 10.8 Å². The summed E-state index contributed by atoms with van der Waals surface area (Å²) in [6, 6.07) is 17.2. The van der Waals surface area contributed by atoms with Gasteiger partial charge in [-0.1, -0.05) is 56.3 Å². The Morgan fingerprint density at radius 1 is 0.875 bits per heavy atom. The van der Waals surface area contributed by atoms with Gasteiger partial charge >= 0.3 is 0 Å². The van der Waals surface area contributed by atoms with Gasteiger partial charge in [0.25, 0.3) is 0 Å². The Morgan fingerprint density at radius 3 is 2.06 bits per heavy atom. The van der Waals surface area contributed by atoms with Gasteiger partial charge in [-0.2, -0.15) is 4.31 Å². The third-order valence-corrected chi connectivity index (χ3v) is 7.90. The first-order valence-corrected chi connectivity index (χ1v) is 12.7. The maximum absolute atomic E-state index is 12.6. The van der Waals surface area contributed by atoms with Gasteiger partial charge in [-0.25, -0.2) is 8.42 Å². The second kappa shape index (κ2) is 11.6. The van der Waals surface area contributed by atoms with Crippen molar-refractivity contribution in [1.82, 2.24) is 19.4 Å². The van der Waals surface area contributed by atoms with E-state index in [0.29, 0.717) is 26.2 Å². The largest absolute Gasteiger partial charge is 0.351 e. The van der Waals surface area contributed by atoms with Crippen molar-refractivity contribution >= 4 is 15.9 Å². The van der Waals surface area contributed by atoms with Crippen LogP contribution in [0, 0.1) is 0 Å². The molecule has 0 saturated carbocycles. The molecular weight excluding hydrogens is 424 g/mol. The van der Waals surface area contributed by atoms with Crippen LogP contribution in [-0.4, -0.2) is 74.2 Å². The van der Waals surface area contributed by atoms with Crippen molar-refractivity contribution in [3.8, 4) is 0 Å². The van der Waals surface area contributed by atoms with Gasteiger partial charge < -0.3 is 5.32 Å². The molecule has 1 amide bonds. The van der Waals surface area contributed by atoms with Crippen LogP contribution in [0.25, 0.3) is 0 Å². The Balaban J connectivity index is 1.41. The summed E-state index contributed by atoms with van der Waals surface area (Å²) in [4.78, 5) is 17.3. The van der Waals surface area contributed by atoms with Crippen molar-refractivity contribution < 1.29 is 13.2 Å². The molecular formula is C24H34N4O3S. The lowest BCUT2D eigenvalue weighted by atomic mass is 10.2. The predicted octanol–water partition coefficient (Wildman–Crippen LogP) is 2.15. The lowest BCUT2D eigenvalue weighted by Crippen LogP contribution is -2.49. The number of sulfonamides is 1. The molecule has 1 heterocycles. The minimum absolute atomic E-state index is 0.0126. The Bertz CT molecular complexity index is 952. The third-order valence-electron chi connectivity index (χ3n) is 5.84. The molecule has 32 heavy (non-hydrogen) atoms. The molecule has 0 aliphatic carbocycles. The smallest absolute Gasteiger partial charge is 0.243 e. The second-order valence-electron chi connectivity index (χ2n) is 8.05. The summed E-state index contributed by atoms with van der Waals surface area (Å²) in [6.45, 7) is 9.90. The Kier molecular flexibility index (Phi) is 8.81. The Labute approximate surface area is 192 Å². The van der Waals surface area contributed by atoms with Crippen LogP contribution in [0.4, 0.5) is 0 Å². The van der Waals surface area contributed by atoms with Crippen molar-refractivity contribution in [2.45, 2.75) is 31.8 Å². The molecule has 8 heteroatoms. The van der Waals surface area contributed by atoms with Crippen LogP contribution in [0.5, 0.6) is 0 Å². The van der Waals surface area contributed by atoms with Gasteiger partial charge in [0.05, 0.1) is 11.4 Å². The number of nitrogens with one attached hydrogen (secondary N) is 1. The number of nitrogens with zero attached hydrogens (tertiary/aromatic N) is 3. The van der Waals surface area contributed by atoms with Gasteiger partial charge in [-0.3, -0.25) is 14.6 Å². The van der Waals surface area contributed by atoms with Crippen LogP contribution in [0.1, 0.15) is 25.0 Å². The molecule has 7 nitrogen and oxygen atoms in total. The predicted molar refractivity (Wildman–Crippen MR) is 127 cm³/mol. The van der Waals surface area contributed by atoms with Crippen molar-refractivity contribution in [3.05, 3.63) is 65.7 Å². The summed E-state index contributed by atoms with van der Waals surface area (Å²) >= 11 is 0. The molecule has 0 bridgehead atoms. The summed E-state index contributed by atoms with van der Waals surface area (Å²) < 4.78 is 26.6. The number of piperazine rings is 1. The molecule has 1 aliphatic heterocycles. The fourth-order valence-electron chi connectivity index (χ4n) is 3.90. The first-order valence-electron chi connectivity index (χ1n) is 11.3. The third kappa shape index (κ3) is 6.62.